The molecular weight excluding hydrogens is 246 g/mol. The largest absolute Gasteiger partial charge is 0.333 e. The quantitative estimate of drug-likeness (QED) is 0.778. The van der Waals surface area contributed by atoms with Gasteiger partial charge in [-0.1, -0.05) is 33.6 Å². The van der Waals surface area contributed by atoms with E-state index in [-0.39, 0.29) is 0 Å². The molecule has 3 heteroatoms. The zero-order valence-electron chi connectivity index (χ0n) is 13.5. The molecule has 0 saturated heterocycles. The van der Waals surface area contributed by atoms with Crippen LogP contribution in [0.1, 0.15) is 65.0 Å². The third kappa shape index (κ3) is 4.08. The Kier molecular flexibility index (Phi) is 5.64. The third-order valence-electron chi connectivity index (χ3n) is 4.57. The van der Waals surface area contributed by atoms with Crippen molar-refractivity contribution in [1.29, 1.82) is 0 Å². The lowest BCUT2D eigenvalue weighted by atomic mass is 9.78. The molecule has 1 heterocycles. The highest BCUT2D eigenvalue weighted by Gasteiger charge is 2.33. The molecule has 2 rings (SSSR count). The SMILES string of the molecule is CCCn1cncc1CNCC1(CC(C)C)CCCC1. The first-order valence-electron chi connectivity index (χ1n) is 8.35. The van der Waals surface area contributed by atoms with Crippen molar-refractivity contribution < 1.29 is 0 Å². The molecule has 0 spiro atoms. The minimum atomic E-state index is 0.559. The van der Waals surface area contributed by atoms with E-state index in [9.17, 15) is 0 Å². The van der Waals surface area contributed by atoms with Crippen LogP contribution in [0.2, 0.25) is 0 Å². The molecule has 0 aliphatic heterocycles. The van der Waals surface area contributed by atoms with E-state index >= 15 is 0 Å². The fraction of sp³-hybridized carbons (Fsp3) is 0.824. The van der Waals surface area contributed by atoms with Gasteiger partial charge in [-0.15, -0.1) is 0 Å². The van der Waals surface area contributed by atoms with Crippen molar-refractivity contribution in [3.05, 3.63) is 18.2 Å². The Bertz CT molecular complexity index is 389. The maximum absolute atomic E-state index is 4.28. The summed E-state index contributed by atoms with van der Waals surface area (Å²) in [4.78, 5) is 4.28. The Morgan fingerprint density at radius 3 is 2.75 bits per heavy atom. The predicted molar refractivity (Wildman–Crippen MR) is 84.6 cm³/mol. The summed E-state index contributed by atoms with van der Waals surface area (Å²) in [7, 11) is 0. The summed E-state index contributed by atoms with van der Waals surface area (Å²) >= 11 is 0. The summed E-state index contributed by atoms with van der Waals surface area (Å²) in [5.41, 5.74) is 1.88. The van der Waals surface area contributed by atoms with Crippen molar-refractivity contribution in [2.45, 2.75) is 72.4 Å². The Balaban J connectivity index is 1.85. The number of aromatic nitrogens is 2. The van der Waals surface area contributed by atoms with Gasteiger partial charge in [0.1, 0.15) is 0 Å². The van der Waals surface area contributed by atoms with E-state index < -0.39 is 0 Å². The molecule has 1 saturated carbocycles. The van der Waals surface area contributed by atoms with Crippen LogP contribution in [0.25, 0.3) is 0 Å². The topological polar surface area (TPSA) is 29.9 Å². The van der Waals surface area contributed by atoms with Crippen LogP contribution in [0.15, 0.2) is 12.5 Å². The van der Waals surface area contributed by atoms with Crippen LogP contribution in [0.5, 0.6) is 0 Å². The molecular formula is C17H31N3. The molecule has 1 N–H and O–H groups in total. The van der Waals surface area contributed by atoms with Gasteiger partial charge in [0.25, 0.3) is 0 Å². The predicted octanol–water partition coefficient (Wildman–Crippen LogP) is 3.99. The highest BCUT2D eigenvalue weighted by Crippen LogP contribution is 2.42. The Labute approximate surface area is 124 Å². The molecule has 0 radical (unpaired) electrons. The zero-order valence-corrected chi connectivity index (χ0v) is 13.5. The van der Waals surface area contributed by atoms with Crippen LogP contribution >= 0.6 is 0 Å². The molecule has 0 amide bonds. The Morgan fingerprint density at radius 1 is 1.35 bits per heavy atom. The monoisotopic (exact) mass is 277 g/mol. The van der Waals surface area contributed by atoms with Gasteiger partial charge in [-0.2, -0.15) is 0 Å². The highest BCUT2D eigenvalue weighted by atomic mass is 15.1. The number of hydrogen-bond donors (Lipinski definition) is 1. The normalized spacial score (nSPS) is 18.0. The zero-order chi connectivity index (χ0) is 14.4. The highest BCUT2D eigenvalue weighted by molar-refractivity contribution is 4.98. The van der Waals surface area contributed by atoms with Crippen LogP contribution in [0.4, 0.5) is 0 Å². The van der Waals surface area contributed by atoms with Crippen LogP contribution in [-0.4, -0.2) is 16.1 Å². The fourth-order valence-corrected chi connectivity index (χ4v) is 3.84. The number of imidazole rings is 1. The van der Waals surface area contributed by atoms with Gasteiger partial charge >= 0.3 is 0 Å². The van der Waals surface area contributed by atoms with Crippen LogP contribution in [-0.2, 0) is 13.1 Å². The molecule has 1 fully saturated rings. The van der Waals surface area contributed by atoms with Crippen LogP contribution in [0.3, 0.4) is 0 Å². The molecule has 20 heavy (non-hydrogen) atoms. The summed E-state index contributed by atoms with van der Waals surface area (Å²) in [5.74, 6) is 0.806. The van der Waals surface area contributed by atoms with E-state index in [0.29, 0.717) is 5.41 Å². The lowest BCUT2D eigenvalue weighted by Crippen LogP contribution is -2.33. The molecule has 1 aliphatic carbocycles. The van der Waals surface area contributed by atoms with Crippen molar-refractivity contribution in [2.24, 2.45) is 11.3 Å². The number of hydrogen-bond acceptors (Lipinski definition) is 2. The van der Waals surface area contributed by atoms with Gasteiger partial charge in [0.15, 0.2) is 0 Å². The van der Waals surface area contributed by atoms with Gasteiger partial charge in [0, 0.05) is 25.8 Å². The summed E-state index contributed by atoms with van der Waals surface area (Å²) < 4.78 is 2.27. The molecule has 0 atom stereocenters. The molecule has 1 aromatic heterocycles. The molecule has 114 valence electrons. The number of nitrogens with one attached hydrogen (secondary N) is 1. The standard InChI is InChI=1S/C17H31N3/c1-4-9-20-14-19-12-16(20)11-18-13-17(10-15(2)3)7-5-6-8-17/h12,14-15,18H,4-11,13H2,1-3H3. The lowest BCUT2D eigenvalue weighted by molar-refractivity contribution is 0.223. The summed E-state index contributed by atoms with van der Waals surface area (Å²) in [6.07, 6.45) is 12.2. The van der Waals surface area contributed by atoms with Gasteiger partial charge < -0.3 is 9.88 Å². The number of aryl methyl sites for hydroxylation is 1. The van der Waals surface area contributed by atoms with Gasteiger partial charge in [0.2, 0.25) is 0 Å². The molecule has 0 unspecified atom stereocenters. The lowest BCUT2D eigenvalue weighted by Gasteiger charge is -2.31. The number of rotatable bonds is 8. The Morgan fingerprint density at radius 2 is 2.10 bits per heavy atom. The Hall–Kier alpha value is -0.830. The van der Waals surface area contributed by atoms with Gasteiger partial charge in [0.05, 0.1) is 12.0 Å². The van der Waals surface area contributed by atoms with Gasteiger partial charge in [-0.25, -0.2) is 4.98 Å². The van der Waals surface area contributed by atoms with E-state index in [1.807, 2.05) is 12.5 Å². The summed E-state index contributed by atoms with van der Waals surface area (Å²) in [6, 6.07) is 0. The van der Waals surface area contributed by atoms with Crippen molar-refractivity contribution in [1.82, 2.24) is 14.9 Å². The molecule has 3 nitrogen and oxygen atoms in total. The molecule has 0 aromatic carbocycles. The summed E-state index contributed by atoms with van der Waals surface area (Å²) in [6.45, 7) is 10.1. The smallest absolute Gasteiger partial charge is 0.0948 e. The second-order valence-corrected chi connectivity index (χ2v) is 6.99. The molecule has 1 aromatic rings. The van der Waals surface area contributed by atoms with Crippen molar-refractivity contribution in [3.8, 4) is 0 Å². The van der Waals surface area contributed by atoms with E-state index in [1.54, 1.807) is 0 Å². The van der Waals surface area contributed by atoms with Gasteiger partial charge in [-0.3, -0.25) is 0 Å². The minimum Gasteiger partial charge on any atom is -0.333 e. The van der Waals surface area contributed by atoms with E-state index in [0.717, 1.165) is 19.0 Å². The first kappa shape index (κ1) is 15.6. The fourth-order valence-electron chi connectivity index (χ4n) is 3.84. The second-order valence-electron chi connectivity index (χ2n) is 6.99. The van der Waals surface area contributed by atoms with Crippen LogP contribution < -0.4 is 5.32 Å². The molecule has 1 aliphatic rings. The van der Waals surface area contributed by atoms with E-state index in [1.165, 1.54) is 50.8 Å². The summed E-state index contributed by atoms with van der Waals surface area (Å²) in [5, 5.41) is 3.71. The van der Waals surface area contributed by atoms with Crippen molar-refractivity contribution >= 4 is 0 Å². The maximum atomic E-state index is 4.28. The van der Waals surface area contributed by atoms with Gasteiger partial charge in [-0.05, 0) is 37.0 Å². The average molecular weight is 277 g/mol. The molecule has 0 bridgehead atoms. The average Bonchev–Trinajstić information content (AvgIpc) is 3.00. The van der Waals surface area contributed by atoms with Crippen LogP contribution in [0, 0.1) is 11.3 Å². The second kappa shape index (κ2) is 7.26. The minimum absolute atomic E-state index is 0.559. The van der Waals surface area contributed by atoms with E-state index in [4.69, 9.17) is 0 Å². The first-order chi connectivity index (χ1) is 9.65. The van der Waals surface area contributed by atoms with Crippen molar-refractivity contribution in [3.63, 3.8) is 0 Å². The maximum Gasteiger partial charge on any atom is 0.0948 e. The van der Waals surface area contributed by atoms with Crippen molar-refractivity contribution in [2.75, 3.05) is 6.54 Å². The first-order valence-corrected chi connectivity index (χ1v) is 8.35. The number of nitrogens with zero attached hydrogens (tertiary/aromatic N) is 2. The third-order valence-corrected chi connectivity index (χ3v) is 4.57. The van der Waals surface area contributed by atoms with E-state index in [2.05, 4.69) is 35.6 Å².